The molecule has 0 N–H and O–H groups in total. The van der Waals surface area contributed by atoms with E-state index in [1.54, 1.807) is 8.61 Å². The third-order valence-corrected chi connectivity index (χ3v) is 6.45. The van der Waals surface area contributed by atoms with E-state index in [0.29, 0.717) is 26.2 Å². The van der Waals surface area contributed by atoms with Gasteiger partial charge >= 0.3 is 0 Å². The molecule has 0 radical (unpaired) electrons. The second kappa shape index (κ2) is 6.06. The Hall–Kier alpha value is -0.920. The molecule has 0 spiro atoms. The van der Waals surface area contributed by atoms with Crippen molar-refractivity contribution in [2.45, 2.75) is 45.1 Å². The number of hydrogen-bond acceptors (Lipinski definition) is 3. The van der Waals surface area contributed by atoms with E-state index in [2.05, 4.69) is 5.10 Å². The molecule has 7 heteroatoms. The first-order valence-electron chi connectivity index (χ1n) is 7.83. The van der Waals surface area contributed by atoms with Crippen molar-refractivity contribution in [2.75, 3.05) is 26.2 Å². The van der Waals surface area contributed by atoms with Crippen LogP contribution >= 0.6 is 0 Å². The highest BCUT2D eigenvalue weighted by Gasteiger charge is 2.36. The van der Waals surface area contributed by atoms with Crippen molar-refractivity contribution >= 4 is 10.2 Å². The fourth-order valence-corrected chi connectivity index (χ4v) is 4.95. The minimum atomic E-state index is -3.29. The maximum atomic E-state index is 12.7. The summed E-state index contributed by atoms with van der Waals surface area (Å²) in [4.78, 5) is 0. The van der Waals surface area contributed by atoms with Crippen molar-refractivity contribution < 1.29 is 8.42 Å². The third-order valence-electron chi connectivity index (χ3n) is 4.45. The zero-order valence-electron chi connectivity index (χ0n) is 12.6. The summed E-state index contributed by atoms with van der Waals surface area (Å²) in [6, 6.07) is 0.167. The Balaban J connectivity index is 1.69. The number of hydrogen-bond donors (Lipinski definition) is 0. The summed E-state index contributed by atoms with van der Waals surface area (Å²) in [6.45, 7) is 4.49. The van der Waals surface area contributed by atoms with Gasteiger partial charge in [0.2, 0.25) is 0 Å². The van der Waals surface area contributed by atoms with Gasteiger partial charge in [0.1, 0.15) is 0 Å². The average molecular weight is 312 g/mol. The number of aryl methyl sites for hydroxylation is 1. The maximum Gasteiger partial charge on any atom is 0.282 e. The van der Waals surface area contributed by atoms with E-state index in [0.717, 1.165) is 37.7 Å². The van der Waals surface area contributed by atoms with E-state index >= 15 is 0 Å². The first kappa shape index (κ1) is 15.0. The highest BCUT2D eigenvalue weighted by molar-refractivity contribution is 7.86. The highest BCUT2D eigenvalue weighted by atomic mass is 32.2. The Labute approximate surface area is 126 Å². The van der Waals surface area contributed by atoms with E-state index in [9.17, 15) is 8.42 Å². The van der Waals surface area contributed by atoms with Gasteiger partial charge in [-0.3, -0.25) is 4.68 Å². The normalized spacial score (nSPS) is 26.0. The van der Waals surface area contributed by atoms with E-state index < -0.39 is 10.2 Å². The highest BCUT2D eigenvalue weighted by Crippen LogP contribution is 2.26. The lowest BCUT2D eigenvalue weighted by atomic mass is 10.2. The lowest BCUT2D eigenvalue weighted by Gasteiger charge is -2.26. The summed E-state index contributed by atoms with van der Waals surface area (Å²) in [7, 11) is -3.29. The van der Waals surface area contributed by atoms with Crippen LogP contribution in [0.15, 0.2) is 12.4 Å². The van der Waals surface area contributed by atoms with Crippen molar-refractivity contribution in [3.63, 3.8) is 0 Å². The van der Waals surface area contributed by atoms with Crippen LogP contribution < -0.4 is 0 Å². The molecule has 0 bridgehead atoms. The molecule has 0 aromatic carbocycles. The third kappa shape index (κ3) is 3.14. The maximum absolute atomic E-state index is 12.7. The van der Waals surface area contributed by atoms with Crippen molar-refractivity contribution in [3.05, 3.63) is 18.0 Å². The fourth-order valence-electron chi connectivity index (χ4n) is 3.20. The Morgan fingerprint density at radius 3 is 2.43 bits per heavy atom. The SMILES string of the molecule is Cc1cnn(C2CCN(S(=O)(=O)N3CCCCCC3)C2)c1. The molecule has 1 unspecified atom stereocenters. The Morgan fingerprint density at radius 1 is 1.10 bits per heavy atom. The molecule has 6 nitrogen and oxygen atoms in total. The molecule has 1 atom stereocenters. The van der Waals surface area contributed by atoms with Crippen LogP contribution in [0.25, 0.3) is 0 Å². The van der Waals surface area contributed by atoms with Crippen LogP contribution in [0.1, 0.15) is 43.7 Å². The summed E-state index contributed by atoms with van der Waals surface area (Å²) in [5.74, 6) is 0. The van der Waals surface area contributed by atoms with Crippen LogP contribution in [0.2, 0.25) is 0 Å². The standard InChI is InChI=1S/C14H24N4O2S/c1-13-10-15-18(11-13)14-6-9-17(12-14)21(19,20)16-7-4-2-3-5-8-16/h10-11,14H,2-9,12H2,1H3. The molecule has 2 aliphatic heterocycles. The first-order chi connectivity index (χ1) is 10.1. The van der Waals surface area contributed by atoms with E-state index in [-0.39, 0.29) is 6.04 Å². The van der Waals surface area contributed by atoms with Crippen LogP contribution in [0.5, 0.6) is 0 Å². The van der Waals surface area contributed by atoms with Crippen LogP contribution in [0.3, 0.4) is 0 Å². The van der Waals surface area contributed by atoms with Crippen LogP contribution in [-0.4, -0.2) is 53.0 Å². The van der Waals surface area contributed by atoms with Gasteiger partial charge in [0.25, 0.3) is 10.2 Å². The van der Waals surface area contributed by atoms with Crippen LogP contribution in [0, 0.1) is 6.92 Å². The second-order valence-electron chi connectivity index (χ2n) is 6.12. The van der Waals surface area contributed by atoms with Gasteiger partial charge in [-0.15, -0.1) is 0 Å². The van der Waals surface area contributed by atoms with Gasteiger partial charge in [0.15, 0.2) is 0 Å². The van der Waals surface area contributed by atoms with E-state index in [1.807, 2.05) is 24.0 Å². The van der Waals surface area contributed by atoms with Crippen molar-refractivity contribution in [3.8, 4) is 0 Å². The molecule has 2 fully saturated rings. The van der Waals surface area contributed by atoms with Gasteiger partial charge in [-0.25, -0.2) is 0 Å². The van der Waals surface area contributed by atoms with Gasteiger partial charge in [-0.2, -0.15) is 22.1 Å². The van der Waals surface area contributed by atoms with E-state index in [4.69, 9.17) is 0 Å². The smallest absolute Gasteiger partial charge is 0.268 e. The summed E-state index contributed by atoms with van der Waals surface area (Å²) < 4.78 is 30.7. The summed E-state index contributed by atoms with van der Waals surface area (Å²) in [5.41, 5.74) is 1.11. The Kier molecular flexibility index (Phi) is 4.33. The predicted octanol–water partition coefficient (Wildman–Crippen LogP) is 1.56. The van der Waals surface area contributed by atoms with Crippen LogP contribution in [-0.2, 0) is 10.2 Å². The van der Waals surface area contributed by atoms with Gasteiger partial charge in [-0.05, 0) is 31.7 Å². The van der Waals surface area contributed by atoms with Crippen molar-refractivity contribution in [2.24, 2.45) is 0 Å². The monoisotopic (exact) mass is 312 g/mol. The minimum absolute atomic E-state index is 0.167. The molecular weight excluding hydrogens is 288 g/mol. The largest absolute Gasteiger partial charge is 0.282 e. The molecule has 0 amide bonds. The second-order valence-corrected chi connectivity index (χ2v) is 8.05. The molecule has 21 heavy (non-hydrogen) atoms. The van der Waals surface area contributed by atoms with Gasteiger partial charge < -0.3 is 0 Å². The molecule has 2 saturated heterocycles. The molecule has 0 aliphatic carbocycles. The van der Waals surface area contributed by atoms with Gasteiger partial charge in [0, 0.05) is 32.4 Å². The molecule has 2 aliphatic rings. The zero-order chi connectivity index (χ0) is 14.9. The number of nitrogens with zero attached hydrogens (tertiary/aromatic N) is 4. The average Bonchev–Trinajstić information content (AvgIpc) is 3.01. The fraction of sp³-hybridized carbons (Fsp3) is 0.786. The molecule has 0 saturated carbocycles. The van der Waals surface area contributed by atoms with E-state index in [1.165, 1.54) is 0 Å². The summed E-state index contributed by atoms with van der Waals surface area (Å²) in [5, 5.41) is 4.32. The quantitative estimate of drug-likeness (QED) is 0.851. The lowest BCUT2D eigenvalue weighted by molar-refractivity contribution is 0.358. The Bertz CT molecular complexity index is 576. The molecule has 3 heterocycles. The van der Waals surface area contributed by atoms with Crippen molar-refractivity contribution in [1.29, 1.82) is 0 Å². The van der Waals surface area contributed by atoms with Crippen LogP contribution in [0.4, 0.5) is 0 Å². The molecule has 1 aromatic rings. The van der Waals surface area contributed by atoms with Gasteiger partial charge in [0.05, 0.1) is 12.2 Å². The lowest BCUT2D eigenvalue weighted by Crippen LogP contribution is -2.43. The minimum Gasteiger partial charge on any atom is -0.268 e. The molecule has 1 aromatic heterocycles. The zero-order valence-corrected chi connectivity index (χ0v) is 13.4. The topological polar surface area (TPSA) is 58.4 Å². The number of rotatable bonds is 3. The van der Waals surface area contributed by atoms with Crippen molar-refractivity contribution in [1.82, 2.24) is 18.4 Å². The Morgan fingerprint density at radius 2 is 1.81 bits per heavy atom. The molecular formula is C14H24N4O2S. The summed E-state index contributed by atoms with van der Waals surface area (Å²) in [6.07, 6.45) is 8.90. The number of aromatic nitrogens is 2. The predicted molar refractivity (Wildman–Crippen MR) is 81.2 cm³/mol. The van der Waals surface area contributed by atoms with Gasteiger partial charge in [-0.1, -0.05) is 12.8 Å². The summed E-state index contributed by atoms with van der Waals surface area (Å²) >= 11 is 0. The first-order valence-corrected chi connectivity index (χ1v) is 9.23. The molecule has 3 rings (SSSR count). The molecule has 118 valence electrons.